The average molecular weight is 393 g/mol. The van der Waals surface area contributed by atoms with Gasteiger partial charge in [0.1, 0.15) is 18.1 Å². The fraction of sp³-hybridized carbons (Fsp3) is 0.208. The van der Waals surface area contributed by atoms with Gasteiger partial charge in [-0.05, 0) is 35.4 Å². The summed E-state index contributed by atoms with van der Waals surface area (Å²) in [6.07, 6.45) is 0. The average Bonchev–Trinajstić information content (AvgIpc) is 2.74. The third-order valence-corrected chi connectivity index (χ3v) is 4.77. The van der Waals surface area contributed by atoms with Crippen LogP contribution in [0, 0.1) is 5.82 Å². The van der Waals surface area contributed by atoms with Crippen LogP contribution in [0.2, 0.25) is 0 Å². The lowest BCUT2D eigenvalue weighted by Crippen LogP contribution is -3.08. The Labute approximate surface area is 170 Å². The number of likely N-dealkylation sites (N-methyl/N-ethyl adjacent to an activating group) is 1. The van der Waals surface area contributed by atoms with Crippen molar-refractivity contribution in [3.05, 3.63) is 101 Å². The van der Waals surface area contributed by atoms with Crippen molar-refractivity contribution in [3.63, 3.8) is 0 Å². The molecule has 0 bridgehead atoms. The van der Waals surface area contributed by atoms with Gasteiger partial charge in [0, 0.05) is 5.56 Å². The van der Waals surface area contributed by atoms with E-state index in [2.05, 4.69) is 5.32 Å². The number of rotatable bonds is 8. The van der Waals surface area contributed by atoms with Gasteiger partial charge in [-0.15, -0.1) is 0 Å². The van der Waals surface area contributed by atoms with Gasteiger partial charge in [0.25, 0.3) is 5.91 Å². The highest BCUT2D eigenvalue weighted by atomic mass is 19.1. The molecule has 3 aromatic rings. The lowest BCUT2D eigenvalue weighted by molar-refractivity contribution is -0.885. The number of hydrogen-bond acceptors (Lipinski definition) is 2. The van der Waals surface area contributed by atoms with E-state index in [9.17, 15) is 9.18 Å². The Morgan fingerprint density at radius 1 is 0.966 bits per heavy atom. The molecule has 2 N–H and O–H groups in total. The van der Waals surface area contributed by atoms with Gasteiger partial charge in [0.05, 0.1) is 20.2 Å². The lowest BCUT2D eigenvalue weighted by Gasteiger charge is -2.21. The Morgan fingerprint density at radius 3 is 2.21 bits per heavy atom. The van der Waals surface area contributed by atoms with Crippen molar-refractivity contribution in [1.29, 1.82) is 0 Å². The highest BCUT2D eigenvalue weighted by molar-refractivity contribution is 5.78. The van der Waals surface area contributed by atoms with Crippen molar-refractivity contribution in [2.24, 2.45) is 0 Å². The fourth-order valence-electron chi connectivity index (χ4n) is 3.30. The van der Waals surface area contributed by atoms with Crippen LogP contribution in [-0.4, -0.2) is 26.6 Å². The molecule has 0 radical (unpaired) electrons. The van der Waals surface area contributed by atoms with Gasteiger partial charge < -0.3 is 15.0 Å². The number of quaternary nitrogens is 1. The molecule has 0 aliphatic heterocycles. The first-order valence-corrected chi connectivity index (χ1v) is 9.59. The molecule has 0 heterocycles. The molecular weight excluding hydrogens is 367 g/mol. The molecule has 2 atom stereocenters. The van der Waals surface area contributed by atoms with E-state index in [1.807, 2.05) is 61.6 Å². The van der Waals surface area contributed by atoms with Crippen molar-refractivity contribution in [1.82, 2.24) is 5.32 Å². The van der Waals surface area contributed by atoms with E-state index in [-0.39, 0.29) is 17.8 Å². The van der Waals surface area contributed by atoms with Crippen LogP contribution >= 0.6 is 0 Å². The molecule has 150 valence electrons. The first-order chi connectivity index (χ1) is 14.0. The summed E-state index contributed by atoms with van der Waals surface area (Å²) in [5, 5.41) is 3.15. The SMILES string of the molecule is COc1ccc([C@H](NC(=O)C[NH+](C)Cc2ccc(F)cc2)c2ccccc2)cc1. The largest absolute Gasteiger partial charge is 0.497 e. The van der Waals surface area contributed by atoms with Gasteiger partial charge in [0.2, 0.25) is 0 Å². The maximum absolute atomic E-state index is 13.1. The normalized spacial score (nSPS) is 12.8. The second-order valence-corrected chi connectivity index (χ2v) is 7.12. The molecule has 4 nitrogen and oxygen atoms in total. The van der Waals surface area contributed by atoms with Crippen molar-refractivity contribution in [2.45, 2.75) is 12.6 Å². The van der Waals surface area contributed by atoms with E-state index < -0.39 is 0 Å². The van der Waals surface area contributed by atoms with Crippen LogP contribution in [0.3, 0.4) is 0 Å². The van der Waals surface area contributed by atoms with Crippen LogP contribution in [0.1, 0.15) is 22.7 Å². The number of benzene rings is 3. The van der Waals surface area contributed by atoms with Gasteiger partial charge >= 0.3 is 0 Å². The summed E-state index contributed by atoms with van der Waals surface area (Å²) in [5.74, 6) is 0.471. The van der Waals surface area contributed by atoms with Gasteiger partial charge in [-0.25, -0.2) is 4.39 Å². The van der Waals surface area contributed by atoms with Crippen molar-refractivity contribution in [3.8, 4) is 5.75 Å². The second kappa shape index (κ2) is 9.85. The number of nitrogens with one attached hydrogen (secondary N) is 2. The predicted molar refractivity (Wildman–Crippen MR) is 111 cm³/mol. The minimum atomic E-state index is -0.255. The van der Waals surface area contributed by atoms with Gasteiger partial charge in [-0.2, -0.15) is 0 Å². The monoisotopic (exact) mass is 393 g/mol. The number of ether oxygens (including phenoxy) is 1. The Kier molecular flexibility index (Phi) is 6.98. The van der Waals surface area contributed by atoms with Crippen LogP contribution in [0.25, 0.3) is 0 Å². The van der Waals surface area contributed by atoms with Crippen LogP contribution in [0.4, 0.5) is 4.39 Å². The van der Waals surface area contributed by atoms with Gasteiger partial charge in [0.15, 0.2) is 6.54 Å². The highest BCUT2D eigenvalue weighted by Crippen LogP contribution is 2.24. The van der Waals surface area contributed by atoms with Crippen molar-refractivity contribution in [2.75, 3.05) is 20.7 Å². The molecule has 0 aliphatic carbocycles. The van der Waals surface area contributed by atoms with Crippen LogP contribution in [-0.2, 0) is 11.3 Å². The molecule has 0 saturated carbocycles. The molecule has 29 heavy (non-hydrogen) atoms. The van der Waals surface area contributed by atoms with E-state index in [4.69, 9.17) is 4.74 Å². The number of carbonyl (C=O) groups excluding carboxylic acids is 1. The van der Waals surface area contributed by atoms with Crippen LogP contribution in [0.5, 0.6) is 5.75 Å². The molecule has 0 spiro atoms. The number of methoxy groups -OCH3 is 1. The molecule has 3 aromatic carbocycles. The Morgan fingerprint density at radius 2 is 1.59 bits per heavy atom. The third-order valence-electron chi connectivity index (χ3n) is 4.77. The summed E-state index contributed by atoms with van der Waals surface area (Å²) in [6.45, 7) is 0.961. The molecule has 0 aromatic heterocycles. The molecule has 1 unspecified atom stereocenters. The minimum absolute atomic E-state index is 0.0470. The molecule has 0 saturated heterocycles. The fourth-order valence-corrected chi connectivity index (χ4v) is 3.30. The topological polar surface area (TPSA) is 42.8 Å². The number of carbonyl (C=O) groups is 1. The summed E-state index contributed by atoms with van der Waals surface area (Å²) in [6, 6.07) is 23.7. The van der Waals surface area contributed by atoms with E-state index in [0.717, 1.165) is 27.3 Å². The zero-order valence-electron chi connectivity index (χ0n) is 16.7. The van der Waals surface area contributed by atoms with Crippen LogP contribution in [0.15, 0.2) is 78.9 Å². The summed E-state index contributed by atoms with van der Waals surface area (Å²) in [4.78, 5) is 13.8. The minimum Gasteiger partial charge on any atom is -0.497 e. The maximum Gasteiger partial charge on any atom is 0.275 e. The Hall–Kier alpha value is -3.18. The molecule has 0 aliphatic rings. The number of amides is 1. The summed E-state index contributed by atoms with van der Waals surface area (Å²) in [7, 11) is 3.58. The first-order valence-electron chi connectivity index (χ1n) is 9.59. The van der Waals surface area contributed by atoms with Gasteiger partial charge in [-0.3, -0.25) is 4.79 Å². The molecular formula is C24H26FN2O2+. The predicted octanol–water partition coefficient (Wildman–Crippen LogP) is 2.75. The van der Waals surface area contributed by atoms with Crippen molar-refractivity contribution >= 4 is 5.91 Å². The Balaban J connectivity index is 1.69. The van der Waals surface area contributed by atoms with Crippen LogP contribution < -0.4 is 15.0 Å². The Bertz CT molecular complexity index is 912. The summed E-state index contributed by atoms with van der Waals surface area (Å²) < 4.78 is 18.3. The molecule has 0 fully saturated rings. The molecule has 3 rings (SSSR count). The smallest absolute Gasteiger partial charge is 0.275 e. The van der Waals surface area contributed by atoms with E-state index in [1.165, 1.54) is 12.1 Å². The quantitative estimate of drug-likeness (QED) is 0.618. The number of halogens is 1. The molecule has 1 amide bonds. The first kappa shape index (κ1) is 20.6. The second-order valence-electron chi connectivity index (χ2n) is 7.12. The van der Waals surface area contributed by atoms with Gasteiger partial charge in [-0.1, -0.05) is 54.6 Å². The lowest BCUT2D eigenvalue weighted by atomic mass is 9.98. The third kappa shape index (κ3) is 5.90. The van der Waals surface area contributed by atoms with Crippen molar-refractivity contribution < 1.29 is 18.8 Å². The number of hydrogen-bond donors (Lipinski definition) is 2. The zero-order chi connectivity index (χ0) is 20.6. The zero-order valence-corrected chi connectivity index (χ0v) is 16.7. The highest BCUT2D eigenvalue weighted by Gasteiger charge is 2.19. The summed E-state index contributed by atoms with van der Waals surface area (Å²) >= 11 is 0. The van der Waals surface area contributed by atoms with E-state index in [1.54, 1.807) is 19.2 Å². The maximum atomic E-state index is 13.1. The standard InChI is InChI=1S/C24H25FN2O2/c1-27(16-18-8-12-21(25)13-9-18)17-23(28)26-24(19-6-4-3-5-7-19)20-10-14-22(29-2)15-11-20/h3-15,24H,16-17H2,1-2H3,(H,26,28)/p+1/t24-/m1/s1. The summed E-state index contributed by atoms with van der Waals surface area (Å²) in [5.41, 5.74) is 3.00. The van der Waals surface area contributed by atoms with E-state index in [0.29, 0.717) is 13.1 Å². The van der Waals surface area contributed by atoms with E-state index >= 15 is 0 Å². The molecule has 5 heteroatoms.